The van der Waals surface area contributed by atoms with Crippen LogP contribution in [0.15, 0.2) is 36.5 Å². The van der Waals surface area contributed by atoms with Crippen molar-refractivity contribution in [2.75, 3.05) is 7.11 Å². The highest BCUT2D eigenvalue weighted by Crippen LogP contribution is 2.25. The van der Waals surface area contributed by atoms with Gasteiger partial charge >= 0.3 is 5.97 Å². The van der Waals surface area contributed by atoms with Crippen molar-refractivity contribution in [2.45, 2.75) is 31.7 Å². The first-order chi connectivity index (χ1) is 12.1. The summed E-state index contributed by atoms with van der Waals surface area (Å²) in [5, 5.41) is 3.58. The molecule has 1 N–H and O–H groups in total. The van der Waals surface area contributed by atoms with E-state index in [4.69, 9.17) is 4.74 Å². The van der Waals surface area contributed by atoms with E-state index in [0.29, 0.717) is 18.4 Å². The fourth-order valence-electron chi connectivity index (χ4n) is 3.26. The van der Waals surface area contributed by atoms with Crippen LogP contribution in [0.4, 0.5) is 0 Å². The number of aromatic nitrogens is 1. The third kappa shape index (κ3) is 3.84. The lowest BCUT2D eigenvalue weighted by Gasteiger charge is -2.28. The van der Waals surface area contributed by atoms with Crippen LogP contribution in [0, 0.1) is 5.92 Å². The van der Waals surface area contributed by atoms with Crippen LogP contribution >= 0.6 is 0 Å². The lowest BCUT2D eigenvalue weighted by Crippen LogP contribution is -2.48. The number of nitrogens with zero attached hydrogens (tertiary/aromatic N) is 1. The molecule has 1 aliphatic rings. The molecule has 1 saturated carbocycles. The molecule has 1 amide bonds. The highest BCUT2D eigenvalue weighted by atomic mass is 16.5. The number of rotatable bonds is 4. The molecular weight excluding hydrogens is 320 g/mol. The Kier molecular flexibility index (Phi) is 5.07. The molecule has 2 atom stereocenters. The molecule has 1 aromatic carbocycles. The Bertz CT molecular complexity index is 818. The molecule has 0 bridgehead atoms. The topological polar surface area (TPSA) is 85.4 Å². The van der Waals surface area contributed by atoms with Crippen LogP contribution in [0.5, 0.6) is 0 Å². The van der Waals surface area contributed by atoms with Crippen LogP contribution in [0.2, 0.25) is 0 Å². The molecular formula is C19H20N2O4. The summed E-state index contributed by atoms with van der Waals surface area (Å²) in [7, 11) is 1.28. The summed E-state index contributed by atoms with van der Waals surface area (Å²) < 4.78 is 4.83. The van der Waals surface area contributed by atoms with E-state index >= 15 is 0 Å². The lowest BCUT2D eigenvalue weighted by atomic mass is 9.83. The number of Topliss-reactive ketones (excluding diaryl/α,β-unsaturated/α-hetero) is 1. The number of carbonyl (C=O) groups excluding carboxylic acids is 3. The normalized spacial score (nSPS) is 18.6. The number of nitrogens with one attached hydrogen (secondary N) is 1. The lowest BCUT2D eigenvalue weighted by molar-refractivity contribution is -0.145. The second kappa shape index (κ2) is 7.42. The van der Waals surface area contributed by atoms with E-state index in [2.05, 4.69) is 10.3 Å². The van der Waals surface area contributed by atoms with Gasteiger partial charge in [0.15, 0.2) is 0 Å². The molecule has 2 aromatic rings. The number of ether oxygens (including phenoxy) is 1. The van der Waals surface area contributed by atoms with Crippen LogP contribution in [-0.2, 0) is 14.3 Å². The summed E-state index contributed by atoms with van der Waals surface area (Å²) in [5.74, 6) is -1.04. The van der Waals surface area contributed by atoms with Crippen LogP contribution in [0.1, 0.15) is 36.0 Å². The van der Waals surface area contributed by atoms with Crippen LogP contribution in [0.3, 0.4) is 0 Å². The van der Waals surface area contributed by atoms with E-state index in [0.717, 1.165) is 17.3 Å². The van der Waals surface area contributed by atoms with Gasteiger partial charge in [0.1, 0.15) is 11.8 Å². The SMILES string of the molecule is COC(=O)[C@@H](NC(=O)c1cnc2ccccc2c1)[C@H]1CCCC(=O)C1. The summed E-state index contributed by atoms with van der Waals surface area (Å²) in [6.45, 7) is 0. The van der Waals surface area contributed by atoms with E-state index in [-0.39, 0.29) is 18.1 Å². The Morgan fingerprint density at radius 2 is 2.12 bits per heavy atom. The number of carbonyl (C=O) groups is 3. The van der Waals surface area contributed by atoms with E-state index < -0.39 is 17.9 Å². The molecule has 1 aromatic heterocycles. The zero-order chi connectivity index (χ0) is 17.8. The van der Waals surface area contributed by atoms with Gasteiger partial charge < -0.3 is 10.1 Å². The summed E-state index contributed by atoms with van der Waals surface area (Å²) in [5.41, 5.74) is 1.16. The number of pyridine rings is 1. The minimum absolute atomic E-state index is 0.117. The van der Waals surface area contributed by atoms with Crippen LogP contribution in [-0.4, -0.2) is 35.8 Å². The number of benzene rings is 1. The summed E-state index contributed by atoms with van der Waals surface area (Å²) in [6.07, 6.45) is 3.74. The fraction of sp³-hybridized carbons (Fsp3) is 0.368. The number of esters is 1. The zero-order valence-electron chi connectivity index (χ0n) is 14.0. The predicted molar refractivity (Wildman–Crippen MR) is 92.0 cm³/mol. The molecule has 1 aliphatic carbocycles. The summed E-state index contributed by atoms with van der Waals surface area (Å²) in [4.78, 5) is 40.7. The molecule has 0 aliphatic heterocycles. The van der Waals surface area contributed by atoms with Crippen molar-refractivity contribution >= 4 is 28.6 Å². The van der Waals surface area contributed by atoms with Gasteiger partial charge in [-0.2, -0.15) is 0 Å². The molecule has 0 unspecified atom stereocenters. The molecule has 3 rings (SSSR count). The number of hydrogen-bond acceptors (Lipinski definition) is 5. The average molecular weight is 340 g/mol. The van der Waals surface area contributed by atoms with Crippen molar-refractivity contribution in [1.29, 1.82) is 0 Å². The van der Waals surface area contributed by atoms with Gasteiger partial charge in [-0.3, -0.25) is 14.6 Å². The molecule has 6 heteroatoms. The fourth-order valence-corrected chi connectivity index (χ4v) is 3.26. The van der Waals surface area contributed by atoms with Crippen molar-refractivity contribution in [2.24, 2.45) is 5.92 Å². The average Bonchev–Trinajstić information content (AvgIpc) is 2.64. The first-order valence-corrected chi connectivity index (χ1v) is 8.33. The van der Waals surface area contributed by atoms with Gasteiger partial charge in [0, 0.05) is 24.4 Å². The van der Waals surface area contributed by atoms with Gasteiger partial charge in [0.2, 0.25) is 0 Å². The highest BCUT2D eigenvalue weighted by molar-refractivity contribution is 5.99. The Labute approximate surface area is 145 Å². The summed E-state index contributed by atoms with van der Waals surface area (Å²) in [6, 6.07) is 8.39. The Balaban J connectivity index is 1.81. The number of fused-ring (bicyclic) bond motifs is 1. The Hall–Kier alpha value is -2.76. The molecule has 6 nitrogen and oxygen atoms in total. The van der Waals surface area contributed by atoms with Gasteiger partial charge in [-0.05, 0) is 30.9 Å². The quantitative estimate of drug-likeness (QED) is 0.863. The smallest absolute Gasteiger partial charge is 0.328 e. The van der Waals surface area contributed by atoms with E-state index in [9.17, 15) is 14.4 Å². The molecule has 0 spiro atoms. The van der Waals surface area contributed by atoms with Crippen LogP contribution < -0.4 is 5.32 Å². The molecule has 1 heterocycles. The minimum Gasteiger partial charge on any atom is -0.467 e. The van der Waals surface area contributed by atoms with Crippen molar-refractivity contribution in [3.8, 4) is 0 Å². The van der Waals surface area contributed by atoms with Crippen molar-refractivity contribution in [3.05, 3.63) is 42.1 Å². The van der Waals surface area contributed by atoms with Crippen LogP contribution in [0.25, 0.3) is 10.9 Å². The second-order valence-corrected chi connectivity index (χ2v) is 6.29. The third-order valence-corrected chi connectivity index (χ3v) is 4.59. The maximum atomic E-state index is 12.6. The minimum atomic E-state index is -0.826. The number of amides is 1. The molecule has 1 fully saturated rings. The number of ketones is 1. The Morgan fingerprint density at radius 1 is 1.32 bits per heavy atom. The predicted octanol–water partition coefficient (Wildman–Crippen LogP) is 2.27. The van der Waals surface area contributed by atoms with E-state index in [1.807, 2.05) is 24.3 Å². The van der Waals surface area contributed by atoms with Gasteiger partial charge in [0.05, 0.1) is 18.2 Å². The number of methoxy groups -OCH3 is 1. The standard InChI is InChI=1S/C19H20N2O4/c1-25-19(24)17(13-6-4-7-15(22)10-13)21-18(23)14-9-12-5-2-3-8-16(12)20-11-14/h2-3,5,8-9,11,13,17H,4,6-7,10H2,1H3,(H,21,23)/t13-,17-/m0/s1. The summed E-state index contributed by atoms with van der Waals surface area (Å²) >= 11 is 0. The van der Waals surface area contributed by atoms with Crippen molar-refractivity contribution in [3.63, 3.8) is 0 Å². The first-order valence-electron chi connectivity index (χ1n) is 8.33. The monoisotopic (exact) mass is 340 g/mol. The maximum absolute atomic E-state index is 12.6. The second-order valence-electron chi connectivity index (χ2n) is 6.29. The van der Waals surface area contributed by atoms with E-state index in [1.54, 1.807) is 6.07 Å². The first kappa shape index (κ1) is 17.1. The largest absolute Gasteiger partial charge is 0.467 e. The highest BCUT2D eigenvalue weighted by Gasteiger charge is 2.34. The Morgan fingerprint density at radius 3 is 2.88 bits per heavy atom. The van der Waals surface area contributed by atoms with Gasteiger partial charge in [-0.25, -0.2) is 4.79 Å². The number of para-hydroxylation sites is 1. The number of hydrogen-bond donors (Lipinski definition) is 1. The van der Waals surface area contributed by atoms with Gasteiger partial charge in [0.25, 0.3) is 5.91 Å². The van der Waals surface area contributed by atoms with Gasteiger partial charge in [-0.15, -0.1) is 0 Å². The molecule has 0 radical (unpaired) electrons. The zero-order valence-corrected chi connectivity index (χ0v) is 14.0. The third-order valence-electron chi connectivity index (χ3n) is 4.59. The maximum Gasteiger partial charge on any atom is 0.328 e. The van der Waals surface area contributed by atoms with E-state index in [1.165, 1.54) is 13.3 Å². The molecule has 130 valence electrons. The molecule has 25 heavy (non-hydrogen) atoms. The van der Waals surface area contributed by atoms with Gasteiger partial charge in [-0.1, -0.05) is 18.2 Å². The van der Waals surface area contributed by atoms with Crippen molar-refractivity contribution < 1.29 is 19.1 Å². The van der Waals surface area contributed by atoms with Crippen molar-refractivity contribution in [1.82, 2.24) is 10.3 Å². The molecule has 0 saturated heterocycles.